The summed E-state index contributed by atoms with van der Waals surface area (Å²) in [6.45, 7) is 1.91. The van der Waals surface area contributed by atoms with Crippen LogP contribution >= 0.6 is 0 Å². The third-order valence-corrected chi connectivity index (χ3v) is 4.19. The average molecular weight is 291 g/mol. The van der Waals surface area contributed by atoms with E-state index < -0.39 is 0 Å². The molecule has 7 heteroatoms. The lowest BCUT2D eigenvalue weighted by Gasteiger charge is -2.31. The van der Waals surface area contributed by atoms with E-state index in [9.17, 15) is 9.59 Å². The minimum atomic E-state index is -0.328. The Bertz CT molecular complexity index is 537. The molecular weight excluding hydrogens is 270 g/mol. The number of aromatic nitrogens is 2. The van der Waals surface area contributed by atoms with E-state index in [0.29, 0.717) is 24.8 Å². The Morgan fingerprint density at radius 1 is 1.38 bits per heavy atom. The fourth-order valence-electron chi connectivity index (χ4n) is 2.71. The predicted octanol–water partition coefficient (Wildman–Crippen LogP) is 1.02. The molecule has 21 heavy (non-hydrogen) atoms. The molecule has 0 bridgehead atoms. The normalized spacial score (nSPS) is 22.1. The van der Waals surface area contributed by atoms with Gasteiger partial charge in [-0.2, -0.15) is 5.10 Å². The molecule has 7 nitrogen and oxygen atoms in total. The van der Waals surface area contributed by atoms with Crippen LogP contribution in [0.15, 0.2) is 12.3 Å². The number of nitrogens with two attached hydrogens (primary N) is 1. The van der Waals surface area contributed by atoms with Gasteiger partial charge in [0.1, 0.15) is 5.82 Å². The average Bonchev–Trinajstić information content (AvgIpc) is 3.19. The van der Waals surface area contributed by atoms with E-state index in [1.165, 1.54) is 12.8 Å². The topological polar surface area (TPSA) is 93.2 Å². The summed E-state index contributed by atoms with van der Waals surface area (Å²) in [5.41, 5.74) is 5.34. The Morgan fingerprint density at radius 3 is 2.90 bits per heavy atom. The van der Waals surface area contributed by atoms with Crippen LogP contribution in [0.5, 0.6) is 0 Å². The van der Waals surface area contributed by atoms with Crippen LogP contribution < -0.4 is 11.1 Å². The van der Waals surface area contributed by atoms with E-state index >= 15 is 0 Å². The third kappa shape index (κ3) is 3.34. The second kappa shape index (κ2) is 5.75. The van der Waals surface area contributed by atoms with E-state index in [-0.39, 0.29) is 17.9 Å². The van der Waals surface area contributed by atoms with Gasteiger partial charge in [-0.3, -0.25) is 10.1 Å². The highest BCUT2D eigenvalue weighted by Gasteiger charge is 2.28. The number of carbonyl (C=O) groups is 2. The molecule has 1 aromatic rings. The van der Waals surface area contributed by atoms with Crippen LogP contribution in [-0.4, -0.2) is 39.7 Å². The zero-order valence-corrected chi connectivity index (χ0v) is 12.0. The van der Waals surface area contributed by atoms with Crippen molar-refractivity contribution in [1.29, 1.82) is 0 Å². The zero-order valence-electron chi connectivity index (χ0n) is 12.0. The Balaban J connectivity index is 1.60. The lowest BCUT2D eigenvalue weighted by molar-refractivity contribution is -0.123. The van der Waals surface area contributed by atoms with Crippen molar-refractivity contribution in [2.45, 2.75) is 32.2 Å². The van der Waals surface area contributed by atoms with Gasteiger partial charge in [-0.15, -0.1) is 0 Å². The van der Waals surface area contributed by atoms with Gasteiger partial charge in [0.25, 0.3) is 0 Å². The van der Waals surface area contributed by atoms with Gasteiger partial charge in [-0.1, -0.05) is 0 Å². The maximum atomic E-state index is 12.3. The Kier molecular flexibility index (Phi) is 3.81. The van der Waals surface area contributed by atoms with Crippen LogP contribution in [0.3, 0.4) is 0 Å². The summed E-state index contributed by atoms with van der Waals surface area (Å²) in [5, 5.41) is 7.14. The van der Waals surface area contributed by atoms with Crippen LogP contribution in [-0.2, 0) is 11.3 Å². The SMILES string of the molecule is NC(=O)[C@H]1CCCN(C(=O)Nc2ccnn2CC2CC2)C1. The molecule has 1 saturated heterocycles. The minimum Gasteiger partial charge on any atom is -0.369 e. The highest BCUT2D eigenvalue weighted by Crippen LogP contribution is 2.31. The molecule has 3 rings (SSSR count). The highest BCUT2D eigenvalue weighted by molar-refractivity contribution is 5.89. The fraction of sp³-hybridized carbons (Fsp3) is 0.643. The van der Waals surface area contributed by atoms with E-state index in [1.807, 2.05) is 4.68 Å². The molecule has 3 N–H and O–H groups in total. The van der Waals surface area contributed by atoms with E-state index in [0.717, 1.165) is 19.4 Å². The van der Waals surface area contributed by atoms with Crippen LogP contribution in [0.25, 0.3) is 0 Å². The lowest BCUT2D eigenvalue weighted by Crippen LogP contribution is -2.46. The predicted molar refractivity (Wildman–Crippen MR) is 77.5 cm³/mol. The van der Waals surface area contributed by atoms with E-state index in [4.69, 9.17) is 5.73 Å². The molecule has 1 aliphatic carbocycles. The first kappa shape index (κ1) is 13.9. The van der Waals surface area contributed by atoms with Gasteiger partial charge in [-0.25, -0.2) is 9.48 Å². The number of hydrogen-bond acceptors (Lipinski definition) is 3. The smallest absolute Gasteiger partial charge is 0.323 e. The van der Waals surface area contributed by atoms with Gasteiger partial charge in [0.2, 0.25) is 5.91 Å². The standard InChI is InChI=1S/C14H21N5O2/c15-13(20)11-2-1-7-18(9-11)14(21)17-12-5-6-16-19(12)8-10-3-4-10/h5-6,10-11H,1-4,7-9H2,(H2,15,20)(H,17,21)/t11-/m0/s1. The van der Waals surface area contributed by atoms with Crippen LogP contribution in [0.2, 0.25) is 0 Å². The molecule has 1 atom stereocenters. The van der Waals surface area contributed by atoms with Crippen LogP contribution in [0.4, 0.5) is 10.6 Å². The summed E-state index contributed by atoms with van der Waals surface area (Å²) in [6, 6.07) is 1.62. The first-order valence-electron chi connectivity index (χ1n) is 7.50. The van der Waals surface area contributed by atoms with Crippen molar-refractivity contribution in [2.75, 3.05) is 18.4 Å². The second-order valence-corrected chi connectivity index (χ2v) is 5.96. The second-order valence-electron chi connectivity index (χ2n) is 5.96. The van der Waals surface area contributed by atoms with Crippen LogP contribution in [0, 0.1) is 11.8 Å². The molecule has 0 spiro atoms. The molecule has 3 amide bonds. The number of rotatable bonds is 4. The number of primary amides is 1. The van der Waals surface area contributed by atoms with Gasteiger partial charge in [0, 0.05) is 25.7 Å². The highest BCUT2D eigenvalue weighted by atomic mass is 16.2. The molecule has 2 fully saturated rings. The zero-order chi connectivity index (χ0) is 14.8. The number of nitrogens with one attached hydrogen (secondary N) is 1. The molecule has 2 heterocycles. The summed E-state index contributed by atoms with van der Waals surface area (Å²) in [4.78, 5) is 25.2. The Morgan fingerprint density at radius 2 is 2.19 bits per heavy atom. The van der Waals surface area contributed by atoms with Crippen molar-refractivity contribution in [3.05, 3.63) is 12.3 Å². The summed E-state index contributed by atoms with van der Waals surface area (Å²) < 4.78 is 1.84. The maximum Gasteiger partial charge on any atom is 0.323 e. The largest absolute Gasteiger partial charge is 0.369 e. The quantitative estimate of drug-likeness (QED) is 0.867. The number of urea groups is 1. The fourth-order valence-corrected chi connectivity index (χ4v) is 2.71. The lowest BCUT2D eigenvalue weighted by atomic mass is 9.98. The number of likely N-dealkylation sites (tertiary alicyclic amines) is 1. The minimum absolute atomic E-state index is 0.182. The third-order valence-electron chi connectivity index (χ3n) is 4.19. The molecule has 0 unspecified atom stereocenters. The molecule has 114 valence electrons. The van der Waals surface area contributed by atoms with Gasteiger partial charge in [-0.05, 0) is 31.6 Å². The summed E-state index contributed by atoms with van der Waals surface area (Å²) in [5.74, 6) is 0.843. The molecule has 1 aliphatic heterocycles. The van der Waals surface area contributed by atoms with Crippen molar-refractivity contribution >= 4 is 17.8 Å². The van der Waals surface area contributed by atoms with Crippen molar-refractivity contribution in [2.24, 2.45) is 17.6 Å². The summed E-state index contributed by atoms with van der Waals surface area (Å²) in [7, 11) is 0. The van der Waals surface area contributed by atoms with Crippen molar-refractivity contribution in [1.82, 2.24) is 14.7 Å². The van der Waals surface area contributed by atoms with Gasteiger partial charge in [0.15, 0.2) is 0 Å². The number of anilines is 1. The van der Waals surface area contributed by atoms with Gasteiger partial charge >= 0.3 is 6.03 Å². The molecule has 1 saturated carbocycles. The number of amides is 3. The number of piperidine rings is 1. The summed E-state index contributed by atoms with van der Waals surface area (Å²) in [6.07, 6.45) is 5.74. The van der Waals surface area contributed by atoms with Gasteiger partial charge in [0.05, 0.1) is 12.1 Å². The molecule has 1 aromatic heterocycles. The Labute approximate surface area is 123 Å². The van der Waals surface area contributed by atoms with Gasteiger partial charge < -0.3 is 10.6 Å². The van der Waals surface area contributed by atoms with Crippen molar-refractivity contribution < 1.29 is 9.59 Å². The molecule has 0 radical (unpaired) electrons. The Hall–Kier alpha value is -2.05. The molecule has 2 aliphatic rings. The maximum absolute atomic E-state index is 12.3. The van der Waals surface area contributed by atoms with Crippen molar-refractivity contribution in [3.63, 3.8) is 0 Å². The van der Waals surface area contributed by atoms with E-state index in [1.54, 1.807) is 17.2 Å². The number of carbonyl (C=O) groups excluding carboxylic acids is 2. The number of hydrogen-bond donors (Lipinski definition) is 2. The van der Waals surface area contributed by atoms with Crippen molar-refractivity contribution in [3.8, 4) is 0 Å². The first-order valence-corrected chi connectivity index (χ1v) is 7.50. The molecular formula is C14H21N5O2. The van der Waals surface area contributed by atoms with E-state index in [2.05, 4.69) is 10.4 Å². The van der Waals surface area contributed by atoms with Crippen LogP contribution in [0.1, 0.15) is 25.7 Å². The summed E-state index contributed by atoms with van der Waals surface area (Å²) >= 11 is 0. The molecule has 0 aromatic carbocycles. The number of nitrogens with zero attached hydrogens (tertiary/aromatic N) is 3. The first-order chi connectivity index (χ1) is 10.1. The monoisotopic (exact) mass is 291 g/mol.